The molecule has 0 bridgehead atoms. The van der Waals surface area contributed by atoms with E-state index < -0.39 is 0 Å². The van der Waals surface area contributed by atoms with Gasteiger partial charge in [-0.25, -0.2) is 4.98 Å². The van der Waals surface area contributed by atoms with Gasteiger partial charge in [0.15, 0.2) is 0 Å². The lowest BCUT2D eigenvalue weighted by Gasteiger charge is -2.18. The summed E-state index contributed by atoms with van der Waals surface area (Å²) in [5.74, 6) is 2.37. The minimum atomic E-state index is 0.104. The Morgan fingerprint density at radius 3 is 2.60 bits per heavy atom. The van der Waals surface area contributed by atoms with Gasteiger partial charge < -0.3 is 9.73 Å². The Morgan fingerprint density at radius 1 is 1.40 bits per heavy atom. The fourth-order valence-corrected chi connectivity index (χ4v) is 1.27. The zero-order chi connectivity index (χ0) is 11.5. The van der Waals surface area contributed by atoms with Crippen molar-refractivity contribution in [3.63, 3.8) is 0 Å². The van der Waals surface area contributed by atoms with Crippen LogP contribution in [0.2, 0.25) is 0 Å². The van der Waals surface area contributed by atoms with Gasteiger partial charge in [-0.15, -0.1) is 0 Å². The predicted octanol–water partition coefficient (Wildman–Crippen LogP) is 2.76. The lowest BCUT2D eigenvalue weighted by molar-refractivity contribution is 0.366. The first-order chi connectivity index (χ1) is 6.87. The second-order valence-corrected chi connectivity index (χ2v) is 5.42. The molecule has 1 rings (SSSR count). The average molecular weight is 210 g/mol. The van der Waals surface area contributed by atoms with Crippen LogP contribution >= 0.6 is 0 Å². The van der Waals surface area contributed by atoms with Gasteiger partial charge in [-0.2, -0.15) is 0 Å². The first kappa shape index (κ1) is 12.2. The molecule has 1 aromatic rings. The van der Waals surface area contributed by atoms with Crippen molar-refractivity contribution < 1.29 is 4.42 Å². The molecular weight excluding hydrogens is 188 g/mol. The van der Waals surface area contributed by atoms with Crippen molar-refractivity contribution in [1.82, 2.24) is 10.3 Å². The maximum Gasteiger partial charge on any atom is 0.208 e. The quantitative estimate of drug-likeness (QED) is 0.830. The topological polar surface area (TPSA) is 38.1 Å². The molecule has 1 aromatic heterocycles. The molecule has 0 saturated carbocycles. The third kappa shape index (κ3) is 4.98. The van der Waals surface area contributed by atoms with Crippen LogP contribution in [0.15, 0.2) is 10.6 Å². The monoisotopic (exact) mass is 210 g/mol. The molecule has 0 unspecified atom stereocenters. The fourth-order valence-electron chi connectivity index (χ4n) is 1.27. The Balaban J connectivity index is 2.46. The van der Waals surface area contributed by atoms with Gasteiger partial charge in [0.05, 0.1) is 12.7 Å². The predicted molar refractivity (Wildman–Crippen MR) is 61.6 cm³/mol. The van der Waals surface area contributed by atoms with E-state index in [1.165, 1.54) is 0 Å². The third-order valence-corrected chi connectivity index (χ3v) is 1.98. The number of hydrogen-bond acceptors (Lipinski definition) is 3. The second-order valence-electron chi connectivity index (χ2n) is 5.42. The SMILES string of the molecule is CC(C)Cc1cnc(CNC(C)(C)C)o1. The molecule has 0 atom stereocenters. The van der Waals surface area contributed by atoms with E-state index in [1.54, 1.807) is 0 Å². The van der Waals surface area contributed by atoms with Crippen molar-refractivity contribution in [3.8, 4) is 0 Å². The molecule has 0 spiro atoms. The van der Waals surface area contributed by atoms with Crippen LogP contribution in [0.4, 0.5) is 0 Å². The molecule has 0 radical (unpaired) electrons. The van der Waals surface area contributed by atoms with Gasteiger partial charge in [0.1, 0.15) is 5.76 Å². The molecule has 86 valence electrons. The highest BCUT2D eigenvalue weighted by Gasteiger charge is 2.11. The van der Waals surface area contributed by atoms with Gasteiger partial charge in [0, 0.05) is 12.0 Å². The normalized spacial score (nSPS) is 12.4. The van der Waals surface area contributed by atoms with Gasteiger partial charge in [-0.3, -0.25) is 0 Å². The van der Waals surface area contributed by atoms with Crippen LogP contribution in [0.5, 0.6) is 0 Å². The van der Waals surface area contributed by atoms with Crippen LogP contribution in [0.3, 0.4) is 0 Å². The van der Waals surface area contributed by atoms with Crippen molar-refractivity contribution in [2.45, 2.75) is 53.1 Å². The maximum atomic E-state index is 5.62. The van der Waals surface area contributed by atoms with Crippen LogP contribution in [0, 0.1) is 5.92 Å². The highest BCUT2D eigenvalue weighted by Crippen LogP contribution is 2.10. The molecular formula is C12H22N2O. The molecule has 0 aromatic carbocycles. The summed E-state index contributed by atoms with van der Waals surface area (Å²) in [7, 11) is 0. The number of aromatic nitrogens is 1. The highest BCUT2D eigenvalue weighted by atomic mass is 16.4. The maximum absolute atomic E-state index is 5.62. The molecule has 0 saturated heterocycles. The molecule has 0 aliphatic carbocycles. The minimum absolute atomic E-state index is 0.104. The van der Waals surface area contributed by atoms with Crippen molar-refractivity contribution in [3.05, 3.63) is 17.8 Å². The van der Waals surface area contributed by atoms with Gasteiger partial charge >= 0.3 is 0 Å². The van der Waals surface area contributed by atoms with Crippen LogP contribution in [-0.4, -0.2) is 10.5 Å². The van der Waals surface area contributed by atoms with E-state index in [-0.39, 0.29) is 5.54 Å². The van der Waals surface area contributed by atoms with Crippen LogP contribution < -0.4 is 5.32 Å². The van der Waals surface area contributed by atoms with Gasteiger partial charge in [0.25, 0.3) is 0 Å². The second kappa shape index (κ2) is 4.79. The summed E-state index contributed by atoms with van der Waals surface area (Å²) in [5, 5.41) is 3.35. The Morgan fingerprint density at radius 2 is 2.07 bits per heavy atom. The minimum Gasteiger partial charge on any atom is -0.444 e. The number of nitrogens with zero attached hydrogens (tertiary/aromatic N) is 1. The third-order valence-electron chi connectivity index (χ3n) is 1.98. The summed E-state index contributed by atoms with van der Waals surface area (Å²) in [6, 6.07) is 0. The fraction of sp³-hybridized carbons (Fsp3) is 0.750. The van der Waals surface area contributed by atoms with E-state index in [9.17, 15) is 0 Å². The van der Waals surface area contributed by atoms with E-state index >= 15 is 0 Å². The first-order valence-corrected chi connectivity index (χ1v) is 5.55. The number of hydrogen-bond donors (Lipinski definition) is 1. The molecule has 0 amide bonds. The summed E-state index contributed by atoms with van der Waals surface area (Å²) in [6.45, 7) is 11.4. The lowest BCUT2D eigenvalue weighted by atomic mass is 10.1. The zero-order valence-electron chi connectivity index (χ0n) is 10.4. The lowest BCUT2D eigenvalue weighted by Crippen LogP contribution is -2.35. The van der Waals surface area contributed by atoms with Crippen LogP contribution in [0.25, 0.3) is 0 Å². The Hall–Kier alpha value is -0.830. The number of oxazole rings is 1. The zero-order valence-corrected chi connectivity index (χ0v) is 10.4. The van der Waals surface area contributed by atoms with E-state index in [4.69, 9.17) is 4.42 Å². The summed E-state index contributed by atoms with van der Waals surface area (Å²) in [5.41, 5.74) is 0.104. The van der Waals surface area contributed by atoms with E-state index in [1.807, 2.05) is 6.20 Å². The molecule has 0 aliphatic rings. The van der Waals surface area contributed by atoms with E-state index in [0.717, 1.165) is 18.1 Å². The summed E-state index contributed by atoms with van der Waals surface area (Å²) in [4.78, 5) is 4.24. The largest absolute Gasteiger partial charge is 0.444 e. The highest BCUT2D eigenvalue weighted by molar-refractivity contribution is 4.95. The van der Waals surface area contributed by atoms with Crippen molar-refractivity contribution in [1.29, 1.82) is 0 Å². The molecule has 3 heteroatoms. The van der Waals surface area contributed by atoms with Gasteiger partial charge in [-0.1, -0.05) is 13.8 Å². The Labute approximate surface area is 92.3 Å². The van der Waals surface area contributed by atoms with Gasteiger partial charge in [0.2, 0.25) is 5.89 Å². The Kier molecular flexibility index (Phi) is 3.91. The molecule has 1 N–H and O–H groups in total. The standard InChI is InChI=1S/C12H22N2O/c1-9(2)6-10-7-13-11(15-10)8-14-12(3,4)5/h7,9,14H,6,8H2,1-5H3. The molecule has 1 heterocycles. The van der Waals surface area contributed by atoms with E-state index in [0.29, 0.717) is 12.5 Å². The summed E-state index contributed by atoms with van der Waals surface area (Å²) >= 11 is 0. The number of nitrogens with one attached hydrogen (secondary N) is 1. The van der Waals surface area contributed by atoms with Crippen molar-refractivity contribution in [2.75, 3.05) is 0 Å². The van der Waals surface area contributed by atoms with Crippen LogP contribution in [-0.2, 0) is 13.0 Å². The molecule has 15 heavy (non-hydrogen) atoms. The average Bonchev–Trinajstić information content (AvgIpc) is 2.46. The number of rotatable bonds is 4. The Bertz CT molecular complexity index is 297. The first-order valence-electron chi connectivity index (χ1n) is 5.55. The smallest absolute Gasteiger partial charge is 0.208 e. The summed E-state index contributed by atoms with van der Waals surface area (Å²) in [6.07, 6.45) is 2.79. The molecule has 0 fully saturated rings. The van der Waals surface area contributed by atoms with Crippen molar-refractivity contribution >= 4 is 0 Å². The van der Waals surface area contributed by atoms with E-state index in [2.05, 4.69) is 44.9 Å². The molecule has 0 aliphatic heterocycles. The van der Waals surface area contributed by atoms with Crippen LogP contribution in [0.1, 0.15) is 46.3 Å². The van der Waals surface area contributed by atoms with Crippen molar-refractivity contribution in [2.24, 2.45) is 5.92 Å². The van der Waals surface area contributed by atoms with Gasteiger partial charge in [-0.05, 0) is 26.7 Å². The molecule has 3 nitrogen and oxygen atoms in total. The summed E-state index contributed by atoms with van der Waals surface area (Å²) < 4.78 is 5.62.